The van der Waals surface area contributed by atoms with Gasteiger partial charge < -0.3 is 19.7 Å². The molecule has 18 heavy (non-hydrogen) atoms. The van der Waals surface area contributed by atoms with Gasteiger partial charge in [-0.25, -0.2) is 4.79 Å². The maximum atomic E-state index is 11.4. The second-order valence-electron chi connectivity index (χ2n) is 3.81. The molecule has 0 aliphatic carbocycles. The minimum Gasteiger partial charge on any atom is -0.481 e. The Bertz CT molecular complexity index is 360. The topological polar surface area (TPSA) is 110 Å². The molecule has 0 fully saturated rings. The molecule has 0 aromatic heterocycles. The first-order chi connectivity index (χ1) is 8.25. The number of carboxylic acid groups (broad SMARTS) is 2. The van der Waals surface area contributed by atoms with Crippen LogP contribution in [0.1, 0.15) is 13.3 Å². The van der Waals surface area contributed by atoms with Gasteiger partial charge in [0.05, 0.1) is 13.0 Å². The minimum absolute atomic E-state index is 0.0232. The number of aliphatic carboxylic acids is 2. The van der Waals surface area contributed by atoms with Crippen molar-refractivity contribution in [3.05, 3.63) is 12.2 Å². The zero-order chi connectivity index (χ0) is 14.3. The van der Waals surface area contributed by atoms with Crippen molar-refractivity contribution in [1.82, 2.24) is 0 Å². The lowest BCUT2D eigenvalue weighted by atomic mass is 9.80. The number of methoxy groups -OCH3 is 1. The largest absolute Gasteiger partial charge is 0.481 e. The maximum Gasteiger partial charge on any atom is 0.332 e. The molecule has 0 heterocycles. The highest BCUT2D eigenvalue weighted by atomic mass is 16.6. The molecule has 0 saturated heterocycles. The Balaban J connectivity index is 4.73. The molecule has 7 heteroatoms. The van der Waals surface area contributed by atoms with Gasteiger partial charge >= 0.3 is 17.9 Å². The Labute approximate surface area is 104 Å². The standard InChI is InChI=1S/C11H16O7/c1-7(9(13)14)11(2,10(15)16)6-8(12)18-5-4-17-3/h1,4-6H2,2-3H3,(H,13,14)(H,15,16). The molecule has 0 rings (SSSR count). The number of hydrogen-bond acceptors (Lipinski definition) is 5. The fourth-order valence-electron chi connectivity index (χ4n) is 1.13. The summed E-state index contributed by atoms with van der Waals surface area (Å²) in [5.41, 5.74) is -2.46. The molecule has 1 atom stereocenters. The molecule has 0 spiro atoms. The van der Waals surface area contributed by atoms with Gasteiger partial charge in [0.15, 0.2) is 0 Å². The first kappa shape index (κ1) is 16.1. The molecule has 0 aliphatic rings. The maximum absolute atomic E-state index is 11.4. The quantitative estimate of drug-likeness (QED) is 0.367. The van der Waals surface area contributed by atoms with Crippen LogP contribution >= 0.6 is 0 Å². The highest BCUT2D eigenvalue weighted by Crippen LogP contribution is 2.31. The van der Waals surface area contributed by atoms with E-state index < -0.39 is 35.3 Å². The van der Waals surface area contributed by atoms with Crippen molar-refractivity contribution >= 4 is 17.9 Å². The first-order valence-corrected chi connectivity index (χ1v) is 5.06. The van der Waals surface area contributed by atoms with Crippen molar-refractivity contribution in [2.24, 2.45) is 5.41 Å². The van der Waals surface area contributed by atoms with E-state index in [1.807, 2.05) is 0 Å². The van der Waals surface area contributed by atoms with Crippen LogP contribution in [0.5, 0.6) is 0 Å². The van der Waals surface area contributed by atoms with Crippen LogP contribution in [0.4, 0.5) is 0 Å². The number of rotatable bonds is 8. The predicted octanol–water partition coefficient (Wildman–Crippen LogP) is 0.298. The van der Waals surface area contributed by atoms with Crippen LogP contribution < -0.4 is 0 Å². The molecule has 0 amide bonds. The van der Waals surface area contributed by atoms with Gasteiger partial charge in [-0.15, -0.1) is 0 Å². The summed E-state index contributed by atoms with van der Waals surface area (Å²) < 4.78 is 9.35. The van der Waals surface area contributed by atoms with E-state index >= 15 is 0 Å². The van der Waals surface area contributed by atoms with Gasteiger partial charge in [-0.1, -0.05) is 6.58 Å². The molecule has 1 unspecified atom stereocenters. The Hall–Kier alpha value is -1.89. The number of carbonyl (C=O) groups excluding carboxylic acids is 1. The van der Waals surface area contributed by atoms with E-state index in [2.05, 4.69) is 11.3 Å². The number of esters is 1. The molecule has 0 aromatic rings. The lowest BCUT2D eigenvalue weighted by Gasteiger charge is -2.23. The molecule has 0 saturated carbocycles. The van der Waals surface area contributed by atoms with E-state index in [0.29, 0.717) is 0 Å². The number of hydrogen-bond donors (Lipinski definition) is 2. The van der Waals surface area contributed by atoms with E-state index in [-0.39, 0.29) is 13.2 Å². The highest BCUT2D eigenvalue weighted by molar-refractivity contribution is 5.97. The average Bonchev–Trinajstić information content (AvgIpc) is 2.27. The normalized spacial score (nSPS) is 13.4. The van der Waals surface area contributed by atoms with Gasteiger partial charge in [-0.2, -0.15) is 0 Å². The van der Waals surface area contributed by atoms with Crippen LogP contribution in [-0.2, 0) is 23.9 Å². The second-order valence-corrected chi connectivity index (χ2v) is 3.81. The van der Waals surface area contributed by atoms with Crippen LogP contribution in [0.15, 0.2) is 12.2 Å². The predicted molar refractivity (Wildman–Crippen MR) is 60.0 cm³/mol. The second kappa shape index (κ2) is 6.75. The lowest BCUT2D eigenvalue weighted by molar-refractivity contribution is -0.157. The number of ether oxygens (including phenoxy) is 2. The van der Waals surface area contributed by atoms with Crippen LogP contribution in [0.2, 0.25) is 0 Å². The monoisotopic (exact) mass is 260 g/mol. The SMILES string of the molecule is C=C(C(=O)O)C(C)(CC(=O)OCCOC)C(=O)O. The first-order valence-electron chi connectivity index (χ1n) is 5.06. The van der Waals surface area contributed by atoms with E-state index in [4.69, 9.17) is 14.9 Å². The van der Waals surface area contributed by atoms with Crippen molar-refractivity contribution in [3.63, 3.8) is 0 Å². The van der Waals surface area contributed by atoms with Crippen LogP contribution in [-0.4, -0.2) is 48.4 Å². The summed E-state index contributed by atoms with van der Waals surface area (Å²) in [5, 5.41) is 17.8. The molecule has 102 valence electrons. The summed E-state index contributed by atoms with van der Waals surface area (Å²) in [6.07, 6.45) is -0.600. The molecule has 7 nitrogen and oxygen atoms in total. The Morgan fingerprint density at radius 1 is 1.22 bits per heavy atom. The lowest BCUT2D eigenvalue weighted by Crippen LogP contribution is -2.35. The van der Waals surface area contributed by atoms with Crippen LogP contribution in [0.3, 0.4) is 0 Å². The average molecular weight is 260 g/mol. The van der Waals surface area contributed by atoms with Crippen LogP contribution in [0.25, 0.3) is 0 Å². The fraction of sp³-hybridized carbons (Fsp3) is 0.545. The summed E-state index contributed by atoms with van der Waals surface area (Å²) >= 11 is 0. The molecule has 0 bridgehead atoms. The summed E-state index contributed by atoms with van der Waals surface area (Å²) in [4.78, 5) is 33.2. The summed E-state index contributed by atoms with van der Waals surface area (Å²) in [6.45, 7) is 4.45. The zero-order valence-electron chi connectivity index (χ0n) is 10.3. The summed E-state index contributed by atoms with van der Waals surface area (Å²) in [6, 6.07) is 0. The van der Waals surface area contributed by atoms with Gasteiger partial charge in [-0.3, -0.25) is 9.59 Å². The van der Waals surface area contributed by atoms with E-state index in [9.17, 15) is 14.4 Å². The van der Waals surface area contributed by atoms with Gasteiger partial charge in [0.1, 0.15) is 12.0 Å². The molecule has 0 aromatic carbocycles. The number of carboxylic acids is 2. The Morgan fingerprint density at radius 3 is 2.17 bits per heavy atom. The molecular weight excluding hydrogens is 244 g/mol. The molecular formula is C11H16O7. The molecule has 0 radical (unpaired) electrons. The zero-order valence-corrected chi connectivity index (χ0v) is 10.3. The van der Waals surface area contributed by atoms with Gasteiger partial charge in [0.25, 0.3) is 0 Å². The smallest absolute Gasteiger partial charge is 0.332 e. The van der Waals surface area contributed by atoms with E-state index in [1.54, 1.807) is 0 Å². The summed E-state index contributed by atoms with van der Waals surface area (Å²) in [5.74, 6) is -3.73. The van der Waals surface area contributed by atoms with Gasteiger partial charge in [0, 0.05) is 12.7 Å². The Kier molecular flexibility index (Phi) is 6.04. The Morgan fingerprint density at radius 2 is 1.78 bits per heavy atom. The van der Waals surface area contributed by atoms with Crippen LogP contribution in [0, 0.1) is 5.41 Å². The fourth-order valence-corrected chi connectivity index (χ4v) is 1.13. The van der Waals surface area contributed by atoms with Gasteiger partial charge in [-0.05, 0) is 6.92 Å². The minimum atomic E-state index is -1.89. The van der Waals surface area contributed by atoms with Crippen molar-refractivity contribution in [3.8, 4) is 0 Å². The third-order valence-electron chi connectivity index (χ3n) is 2.44. The third-order valence-corrected chi connectivity index (χ3v) is 2.44. The van der Waals surface area contributed by atoms with Crippen molar-refractivity contribution in [2.45, 2.75) is 13.3 Å². The van der Waals surface area contributed by atoms with Crippen molar-refractivity contribution < 1.29 is 34.1 Å². The van der Waals surface area contributed by atoms with Crippen molar-refractivity contribution in [1.29, 1.82) is 0 Å². The highest BCUT2D eigenvalue weighted by Gasteiger charge is 2.42. The molecule has 0 aliphatic heterocycles. The number of carbonyl (C=O) groups is 3. The molecule has 2 N–H and O–H groups in total. The third kappa shape index (κ3) is 4.17. The van der Waals surface area contributed by atoms with E-state index in [1.165, 1.54) is 7.11 Å². The summed E-state index contributed by atoms with van der Waals surface area (Å²) in [7, 11) is 1.42. The van der Waals surface area contributed by atoms with Gasteiger partial charge in [0.2, 0.25) is 0 Å². The van der Waals surface area contributed by atoms with Crippen molar-refractivity contribution in [2.75, 3.05) is 20.3 Å². The van der Waals surface area contributed by atoms with E-state index in [0.717, 1.165) is 6.92 Å².